The van der Waals surface area contributed by atoms with Gasteiger partial charge in [-0.05, 0) is 39.0 Å². The minimum Gasteiger partial charge on any atom is -0.480 e. The number of unbranched alkanes of at least 4 members (excludes halogenated alkanes) is 13. The Balaban J connectivity index is 3.65. The molecule has 0 heterocycles. The predicted molar refractivity (Wildman–Crippen MR) is 214 cm³/mol. The first-order chi connectivity index (χ1) is 27.1. The maximum Gasteiger partial charge on any atom is 0.326 e. The van der Waals surface area contributed by atoms with Gasteiger partial charge in [-0.3, -0.25) is 24.0 Å². The van der Waals surface area contributed by atoms with E-state index in [4.69, 9.17) is 24.7 Å². The van der Waals surface area contributed by atoms with Gasteiger partial charge < -0.3 is 51.1 Å². The third-order valence-corrected chi connectivity index (χ3v) is 8.93. The Hall–Kier alpha value is -3.18. The average molecular weight is 802 g/mol. The summed E-state index contributed by atoms with van der Waals surface area (Å²) in [6.07, 6.45) is 18.0. The summed E-state index contributed by atoms with van der Waals surface area (Å²) < 4.78 is 21.3. The summed E-state index contributed by atoms with van der Waals surface area (Å²) in [6.45, 7) is 5.82. The Kier molecular flexibility index (Phi) is 36.5. The van der Waals surface area contributed by atoms with Gasteiger partial charge in [0.15, 0.2) is 0 Å². The maximum absolute atomic E-state index is 12.3. The second-order valence-electron chi connectivity index (χ2n) is 14.1. The molecular formula is C40H75N5O11. The lowest BCUT2D eigenvalue weighted by Crippen LogP contribution is -2.41. The third-order valence-electron chi connectivity index (χ3n) is 8.93. The van der Waals surface area contributed by atoms with Crippen LogP contribution in [0.1, 0.15) is 136 Å². The highest BCUT2D eigenvalue weighted by atomic mass is 16.5. The molecule has 0 unspecified atom stereocenters. The Morgan fingerprint density at radius 3 is 1.48 bits per heavy atom. The number of nitrogens with one attached hydrogen (secondary N) is 4. The van der Waals surface area contributed by atoms with Crippen LogP contribution in [-0.4, -0.2) is 125 Å². The molecule has 16 nitrogen and oxygen atoms in total. The number of rotatable bonds is 41. The van der Waals surface area contributed by atoms with Gasteiger partial charge in [0.25, 0.3) is 0 Å². The first kappa shape index (κ1) is 52.8. The van der Waals surface area contributed by atoms with Crippen LogP contribution in [0.2, 0.25) is 0 Å². The zero-order chi connectivity index (χ0) is 41.5. The molecule has 0 aliphatic heterocycles. The molecule has 0 spiro atoms. The summed E-state index contributed by atoms with van der Waals surface area (Å²) in [6, 6.07) is -1.57. The van der Waals surface area contributed by atoms with Crippen LogP contribution in [0.25, 0.3) is 0 Å². The summed E-state index contributed by atoms with van der Waals surface area (Å²) in [4.78, 5) is 70.8. The molecule has 2 atom stereocenters. The van der Waals surface area contributed by atoms with E-state index < -0.39 is 18.1 Å². The van der Waals surface area contributed by atoms with E-state index in [0.29, 0.717) is 13.0 Å². The normalized spacial score (nSPS) is 12.1. The van der Waals surface area contributed by atoms with Gasteiger partial charge in [-0.15, -0.1) is 0 Å². The number of aliphatic carboxylic acids is 1. The highest BCUT2D eigenvalue weighted by molar-refractivity contribution is 5.84. The zero-order valence-corrected chi connectivity index (χ0v) is 34.5. The van der Waals surface area contributed by atoms with Crippen molar-refractivity contribution >= 4 is 35.4 Å². The summed E-state index contributed by atoms with van der Waals surface area (Å²) in [5.74, 6) is -2.40. The van der Waals surface area contributed by atoms with Crippen LogP contribution in [0.4, 0.5) is 0 Å². The van der Waals surface area contributed by atoms with E-state index in [1.807, 2.05) is 0 Å². The SMILES string of the molecule is CCCCCCCCCCCCCCCC(=O)N[C@@H](CCC(=O)NCCOCCOCC(=O)NCCOCCOCC(=O)NCCCC[C@H](N)C(C)=O)C(=O)O. The molecule has 0 fully saturated rings. The number of hydrogen-bond donors (Lipinski definition) is 6. The molecule has 56 heavy (non-hydrogen) atoms. The molecule has 0 aliphatic carbocycles. The van der Waals surface area contributed by atoms with E-state index in [0.717, 1.165) is 38.5 Å². The van der Waals surface area contributed by atoms with Crippen LogP contribution in [0.5, 0.6) is 0 Å². The summed E-state index contributed by atoms with van der Waals surface area (Å²) in [5.41, 5.74) is 5.67. The van der Waals surface area contributed by atoms with Gasteiger partial charge in [0.05, 0.1) is 45.7 Å². The lowest BCUT2D eigenvalue weighted by molar-refractivity contribution is -0.142. The molecule has 326 valence electrons. The fraction of sp³-hybridized carbons (Fsp3) is 0.850. The summed E-state index contributed by atoms with van der Waals surface area (Å²) in [7, 11) is 0. The van der Waals surface area contributed by atoms with Crippen LogP contribution in [0, 0.1) is 0 Å². The monoisotopic (exact) mass is 802 g/mol. The molecule has 0 bridgehead atoms. The number of carbonyl (C=O) groups excluding carboxylic acids is 5. The van der Waals surface area contributed by atoms with E-state index >= 15 is 0 Å². The number of nitrogens with two attached hydrogens (primary N) is 1. The molecule has 0 aromatic heterocycles. The Morgan fingerprint density at radius 2 is 0.982 bits per heavy atom. The molecule has 0 radical (unpaired) electrons. The molecule has 0 saturated heterocycles. The second kappa shape index (κ2) is 38.7. The van der Waals surface area contributed by atoms with Crippen molar-refractivity contribution in [2.24, 2.45) is 5.73 Å². The Morgan fingerprint density at radius 1 is 0.518 bits per heavy atom. The van der Waals surface area contributed by atoms with Crippen molar-refractivity contribution in [3.8, 4) is 0 Å². The van der Waals surface area contributed by atoms with E-state index in [1.165, 1.54) is 64.7 Å². The topological polar surface area (TPSA) is 234 Å². The molecular weight excluding hydrogens is 726 g/mol. The van der Waals surface area contributed by atoms with Crippen molar-refractivity contribution in [3.05, 3.63) is 0 Å². The first-order valence-corrected chi connectivity index (χ1v) is 21.0. The second-order valence-corrected chi connectivity index (χ2v) is 14.1. The van der Waals surface area contributed by atoms with E-state index in [2.05, 4.69) is 28.2 Å². The highest BCUT2D eigenvalue weighted by Crippen LogP contribution is 2.13. The fourth-order valence-electron chi connectivity index (χ4n) is 5.51. The first-order valence-electron chi connectivity index (χ1n) is 21.0. The van der Waals surface area contributed by atoms with E-state index in [9.17, 15) is 33.9 Å². The molecule has 0 rings (SSSR count). The van der Waals surface area contributed by atoms with Crippen LogP contribution >= 0.6 is 0 Å². The van der Waals surface area contributed by atoms with E-state index in [-0.39, 0.29) is 115 Å². The van der Waals surface area contributed by atoms with Crippen molar-refractivity contribution in [3.63, 3.8) is 0 Å². The number of carbonyl (C=O) groups is 6. The number of ketones is 1. The molecule has 0 saturated carbocycles. The van der Waals surface area contributed by atoms with Crippen molar-refractivity contribution in [2.45, 2.75) is 148 Å². The van der Waals surface area contributed by atoms with Crippen molar-refractivity contribution in [1.29, 1.82) is 0 Å². The van der Waals surface area contributed by atoms with Crippen LogP contribution < -0.4 is 27.0 Å². The lowest BCUT2D eigenvalue weighted by Gasteiger charge is -2.14. The Bertz CT molecular complexity index is 1050. The molecule has 7 N–H and O–H groups in total. The molecule has 16 heteroatoms. The number of hydrogen-bond acceptors (Lipinski definition) is 11. The summed E-state index contributed by atoms with van der Waals surface area (Å²) >= 11 is 0. The Labute approximate surface area is 335 Å². The summed E-state index contributed by atoms with van der Waals surface area (Å²) in [5, 5.41) is 20.1. The zero-order valence-electron chi connectivity index (χ0n) is 34.5. The number of carboxylic acids is 1. The van der Waals surface area contributed by atoms with Crippen LogP contribution in [-0.2, 0) is 47.7 Å². The third kappa shape index (κ3) is 36.5. The van der Waals surface area contributed by atoms with Gasteiger partial charge in [0, 0.05) is 32.5 Å². The highest BCUT2D eigenvalue weighted by Gasteiger charge is 2.20. The van der Waals surface area contributed by atoms with Crippen molar-refractivity contribution < 1.29 is 52.8 Å². The van der Waals surface area contributed by atoms with Crippen LogP contribution in [0.15, 0.2) is 0 Å². The quantitative estimate of drug-likeness (QED) is 0.0489. The predicted octanol–water partition coefficient (Wildman–Crippen LogP) is 3.32. The number of Topliss-reactive ketones (excluding diaryl/α,β-unsaturated/α-hetero) is 1. The maximum atomic E-state index is 12.3. The van der Waals surface area contributed by atoms with Gasteiger partial charge in [0.1, 0.15) is 25.0 Å². The average Bonchev–Trinajstić information content (AvgIpc) is 3.16. The van der Waals surface area contributed by atoms with Crippen LogP contribution in [0.3, 0.4) is 0 Å². The minimum atomic E-state index is -1.17. The number of ether oxygens (including phenoxy) is 4. The number of carboxylic acid groups (broad SMARTS) is 1. The number of amides is 4. The van der Waals surface area contributed by atoms with Gasteiger partial charge in [-0.25, -0.2) is 4.79 Å². The molecule has 0 aliphatic rings. The van der Waals surface area contributed by atoms with Crippen molar-refractivity contribution in [1.82, 2.24) is 21.3 Å². The molecule has 0 aromatic carbocycles. The van der Waals surface area contributed by atoms with Gasteiger partial charge in [-0.1, -0.05) is 84.0 Å². The van der Waals surface area contributed by atoms with Crippen molar-refractivity contribution in [2.75, 3.05) is 72.5 Å². The fourth-order valence-corrected chi connectivity index (χ4v) is 5.51. The van der Waals surface area contributed by atoms with Gasteiger partial charge >= 0.3 is 5.97 Å². The largest absolute Gasteiger partial charge is 0.480 e. The lowest BCUT2D eigenvalue weighted by atomic mass is 10.0. The smallest absolute Gasteiger partial charge is 0.326 e. The minimum absolute atomic E-state index is 0.00744. The van der Waals surface area contributed by atoms with Gasteiger partial charge in [0.2, 0.25) is 23.6 Å². The molecule has 4 amide bonds. The van der Waals surface area contributed by atoms with Gasteiger partial charge in [-0.2, -0.15) is 0 Å². The van der Waals surface area contributed by atoms with E-state index in [1.54, 1.807) is 0 Å². The standard InChI is InChI=1S/C40H75N5O11/c1-3-4-5-6-7-8-9-10-11-12-13-14-15-19-37(48)45-35(40(51)52)20-21-36(47)43-23-25-53-27-30-56-32-39(50)44-24-26-54-28-29-55-31-38(49)42-22-17-16-18-34(41)33(2)46/h34-35H,3-32,41H2,1-2H3,(H,42,49)(H,43,47)(H,44,50)(H,45,48)(H,51,52)/t34-,35-/m0/s1. The molecule has 0 aromatic rings.